The molecule has 2 N–H and O–H groups in total. The highest BCUT2D eigenvalue weighted by Crippen LogP contribution is 2.35. The Balaban J connectivity index is 0.000000363. The van der Waals surface area contributed by atoms with Crippen LogP contribution in [0.3, 0.4) is 0 Å². The molecule has 2 amide bonds. The summed E-state index contributed by atoms with van der Waals surface area (Å²) in [6.07, 6.45) is 0.914. The Morgan fingerprint density at radius 3 is 2.23 bits per heavy atom. The number of nitriles is 1. The molecule has 0 bridgehead atoms. The van der Waals surface area contributed by atoms with Crippen LogP contribution in [0.4, 0.5) is 13.6 Å². The predicted octanol–water partition coefficient (Wildman–Crippen LogP) is 4.34. The van der Waals surface area contributed by atoms with E-state index < -0.39 is 23.4 Å². The number of carbonyl (C=O) groups is 2. The van der Waals surface area contributed by atoms with Gasteiger partial charge in [0.05, 0.1) is 23.3 Å². The number of halogens is 2. The number of rotatable bonds is 4. The van der Waals surface area contributed by atoms with Crippen molar-refractivity contribution in [3.05, 3.63) is 71.3 Å². The Labute approximate surface area is 204 Å². The van der Waals surface area contributed by atoms with Crippen LogP contribution in [0.5, 0.6) is 0 Å². The monoisotopic (exact) mass is 484 g/mol. The van der Waals surface area contributed by atoms with Crippen molar-refractivity contribution in [2.75, 3.05) is 13.1 Å². The normalized spacial score (nSPS) is 18.9. The molecule has 9 heteroatoms. The van der Waals surface area contributed by atoms with Crippen molar-refractivity contribution >= 4 is 12.0 Å². The van der Waals surface area contributed by atoms with Crippen molar-refractivity contribution in [2.45, 2.75) is 51.4 Å². The lowest BCUT2D eigenvalue weighted by atomic mass is 9.95. The van der Waals surface area contributed by atoms with Gasteiger partial charge >= 0.3 is 6.09 Å². The van der Waals surface area contributed by atoms with Crippen molar-refractivity contribution in [3.63, 3.8) is 0 Å². The van der Waals surface area contributed by atoms with Crippen LogP contribution in [0, 0.1) is 28.9 Å². The largest absolute Gasteiger partial charge is 0.465 e. The molecule has 2 aromatic rings. The molecule has 0 radical (unpaired) electrons. The maximum atomic E-state index is 13.2. The molecule has 2 aromatic carbocycles. The van der Waals surface area contributed by atoms with E-state index in [1.54, 1.807) is 6.07 Å². The lowest BCUT2D eigenvalue weighted by Gasteiger charge is -2.44. The number of likely N-dealkylation sites (tertiary alicyclic amines) is 1. The maximum Gasteiger partial charge on any atom is 0.407 e. The zero-order chi connectivity index (χ0) is 25.6. The Morgan fingerprint density at radius 1 is 1.14 bits per heavy atom. The summed E-state index contributed by atoms with van der Waals surface area (Å²) < 4.78 is 23.8. The molecule has 0 aromatic heterocycles. The molecule has 0 saturated carbocycles. The van der Waals surface area contributed by atoms with Crippen LogP contribution in [-0.2, 0) is 11.3 Å². The van der Waals surface area contributed by atoms with Crippen LogP contribution in [0.1, 0.15) is 44.2 Å². The number of hydrogen-bond donors (Lipinski definition) is 2. The van der Waals surface area contributed by atoms with E-state index in [9.17, 15) is 28.7 Å². The van der Waals surface area contributed by atoms with Gasteiger partial charge in [0.2, 0.25) is 5.91 Å². The van der Waals surface area contributed by atoms with Crippen LogP contribution in [0.15, 0.2) is 48.5 Å². The van der Waals surface area contributed by atoms with Crippen LogP contribution in [0.2, 0.25) is 0 Å². The van der Waals surface area contributed by atoms with Crippen LogP contribution >= 0.6 is 0 Å². The zero-order valence-corrected chi connectivity index (χ0v) is 19.9. The lowest BCUT2D eigenvalue weighted by molar-refractivity contribution is -0.134. The Kier molecular flexibility index (Phi) is 8.41. The van der Waals surface area contributed by atoms with Gasteiger partial charge in [-0.2, -0.15) is 5.26 Å². The molecule has 186 valence electrons. The van der Waals surface area contributed by atoms with Crippen LogP contribution in [-0.4, -0.2) is 51.7 Å². The minimum Gasteiger partial charge on any atom is -0.465 e. The van der Waals surface area contributed by atoms with E-state index in [1.807, 2.05) is 23.1 Å². The third kappa shape index (κ3) is 6.34. The second-order valence-electron chi connectivity index (χ2n) is 9.26. The average Bonchev–Trinajstić information content (AvgIpc) is 3.06. The molecule has 1 spiro atoms. The number of carbonyl (C=O) groups excluding carboxylic acids is 1. The first-order valence-corrected chi connectivity index (χ1v) is 11.6. The van der Waals surface area contributed by atoms with E-state index in [1.165, 1.54) is 4.90 Å². The summed E-state index contributed by atoms with van der Waals surface area (Å²) in [5, 5.41) is 22.2. The van der Waals surface area contributed by atoms with E-state index in [2.05, 4.69) is 25.2 Å². The third-order valence-electron chi connectivity index (χ3n) is 6.36. The number of piperidine rings is 1. The zero-order valence-electron chi connectivity index (χ0n) is 19.9. The van der Waals surface area contributed by atoms with Crippen molar-refractivity contribution in [1.82, 2.24) is 15.1 Å². The Hall–Kier alpha value is -3.51. The van der Waals surface area contributed by atoms with E-state index in [0.717, 1.165) is 36.2 Å². The summed E-state index contributed by atoms with van der Waals surface area (Å²) in [6, 6.07) is 13.6. The standard InChI is InChI=1S/C20H26N4O3.C6H4F2/c1-14(2)11-17-18(25)24(13-16-6-4-3-5-15(16)12-21)20(22-17)7-9-23(10-8-20)19(26)27;7-5-1-2-6(8)4-3-5/h3-6,14,17,22H,7-11,13H2,1-2H3,(H,26,27);1-4H. The summed E-state index contributed by atoms with van der Waals surface area (Å²) in [7, 11) is 0. The minimum absolute atomic E-state index is 0.0419. The molecule has 0 aliphatic carbocycles. The first-order chi connectivity index (χ1) is 16.6. The summed E-state index contributed by atoms with van der Waals surface area (Å²) in [5.41, 5.74) is 0.835. The molecule has 2 saturated heterocycles. The second kappa shape index (κ2) is 11.3. The molecule has 2 heterocycles. The van der Waals surface area contributed by atoms with Crippen molar-refractivity contribution in [3.8, 4) is 6.07 Å². The topological polar surface area (TPSA) is 96.7 Å². The van der Waals surface area contributed by atoms with Gasteiger partial charge in [-0.1, -0.05) is 32.0 Å². The number of benzene rings is 2. The number of amides is 2. The van der Waals surface area contributed by atoms with E-state index >= 15 is 0 Å². The molecule has 4 rings (SSSR count). The van der Waals surface area contributed by atoms with Gasteiger partial charge in [-0.3, -0.25) is 10.1 Å². The minimum atomic E-state index is -0.922. The van der Waals surface area contributed by atoms with Crippen LogP contribution in [0.25, 0.3) is 0 Å². The smallest absolute Gasteiger partial charge is 0.407 e. The Morgan fingerprint density at radius 2 is 1.71 bits per heavy atom. The number of nitrogens with one attached hydrogen (secondary N) is 1. The summed E-state index contributed by atoms with van der Waals surface area (Å²) in [6.45, 7) is 5.31. The molecule has 2 aliphatic rings. The van der Waals surface area contributed by atoms with E-state index in [4.69, 9.17) is 0 Å². The highest BCUT2D eigenvalue weighted by molar-refractivity contribution is 5.85. The summed E-state index contributed by atoms with van der Waals surface area (Å²) in [4.78, 5) is 27.7. The highest BCUT2D eigenvalue weighted by Gasteiger charge is 2.51. The Bertz CT molecular complexity index is 1060. The van der Waals surface area contributed by atoms with Gasteiger partial charge in [0.1, 0.15) is 11.6 Å². The SMILES string of the molecule is CC(C)CC1NC2(CCN(C(=O)O)CC2)N(Cc2ccccc2C#N)C1=O.Fc1ccc(F)cc1. The molecule has 35 heavy (non-hydrogen) atoms. The molecule has 2 fully saturated rings. The molecular weight excluding hydrogens is 454 g/mol. The molecule has 1 atom stereocenters. The third-order valence-corrected chi connectivity index (χ3v) is 6.36. The molecular formula is C26H30F2N4O3. The van der Waals surface area contributed by atoms with Crippen LogP contribution < -0.4 is 5.32 Å². The predicted molar refractivity (Wildman–Crippen MR) is 126 cm³/mol. The molecule has 1 unspecified atom stereocenters. The fourth-order valence-electron chi connectivity index (χ4n) is 4.57. The first kappa shape index (κ1) is 26.1. The lowest BCUT2D eigenvalue weighted by Crippen LogP contribution is -2.59. The fourth-order valence-corrected chi connectivity index (χ4v) is 4.57. The van der Waals surface area contributed by atoms with Gasteiger partial charge in [0.25, 0.3) is 0 Å². The van der Waals surface area contributed by atoms with E-state index in [0.29, 0.717) is 44.0 Å². The van der Waals surface area contributed by atoms with Gasteiger partial charge in [0, 0.05) is 32.5 Å². The van der Waals surface area contributed by atoms with Gasteiger partial charge in [-0.15, -0.1) is 0 Å². The maximum absolute atomic E-state index is 13.2. The van der Waals surface area contributed by atoms with Gasteiger partial charge < -0.3 is 14.9 Å². The van der Waals surface area contributed by atoms with Crippen molar-refractivity contribution in [2.24, 2.45) is 5.92 Å². The quantitative estimate of drug-likeness (QED) is 0.673. The highest BCUT2D eigenvalue weighted by atomic mass is 19.1. The average molecular weight is 485 g/mol. The summed E-state index contributed by atoms with van der Waals surface area (Å²) >= 11 is 0. The van der Waals surface area contributed by atoms with Gasteiger partial charge in [-0.05, 0) is 48.2 Å². The van der Waals surface area contributed by atoms with E-state index in [-0.39, 0.29) is 11.9 Å². The first-order valence-electron chi connectivity index (χ1n) is 11.6. The fraction of sp³-hybridized carbons (Fsp3) is 0.423. The number of nitrogens with zero attached hydrogens (tertiary/aromatic N) is 3. The number of hydrogen-bond acceptors (Lipinski definition) is 4. The van der Waals surface area contributed by atoms with Crippen molar-refractivity contribution in [1.29, 1.82) is 5.26 Å². The number of carboxylic acid groups (broad SMARTS) is 1. The van der Waals surface area contributed by atoms with Crippen molar-refractivity contribution < 1.29 is 23.5 Å². The summed E-state index contributed by atoms with van der Waals surface area (Å²) in [5.74, 6) is -0.410. The second-order valence-corrected chi connectivity index (χ2v) is 9.26. The van der Waals surface area contributed by atoms with Gasteiger partial charge in [0.15, 0.2) is 0 Å². The van der Waals surface area contributed by atoms with Gasteiger partial charge in [-0.25, -0.2) is 13.6 Å². The molecule has 7 nitrogen and oxygen atoms in total. The molecule has 2 aliphatic heterocycles.